The number of fused-ring (bicyclic) bond motifs is 3. The molecular formula is C32H26ClN7O14S2. The van der Waals surface area contributed by atoms with E-state index in [1.807, 2.05) is 0 Å². The Hall–Kier alpha value is -6.20. The first kappa shape index (κ1) is 39.5. The van der Waals surface area contributed by atoms with Gasteiger partial charge in [0.05, 0.1) is 16.3 Å². The van der Waals surface area contributed by atoms with Gasteiger partial charge in [0.15, 0.2) is 10.8 Å². The van der Waals surface area contributed by atoms with E-state index < -0.39 is 80.9 Å². The Kier molecular flexibility index (Phi) is 11.8. The molecule has 2 N–H and O–H groups in total. The van der Waals surface area contributed by atoms with Crippen LogP contribution in [0.3, 0.4) is 0 Å². The predicted molar refractivity (Wildman–Crippen MR) is 192 cm³/mol. The molecule has 6 rings (SSSR count). The van der Waals surface area contributed by atoms with Crippen molar-refractivity contribution in [2.45, 2.75) is 36.8 Å². The molecule has 56 heavy (non-hydrogen) atoms. The number of anilines is 1. The van der Waals surface area contributed by atoms with Crippen molar-refractivity contribution in [3.8, 4) is 0 Å². The molecule has 24 heteroatoms. The molecule has 0 bridgehead atoms. The molecule has 292 valence electrons. The van der Waals surface area contributed by atoms with E-state index in [1.165, 1.54) is 65.7 Å². The molecular weight excluding hydrogens is 806 g/mol. The summed E-state index contributed by atoms with van der Waals surface area (Å²) in [4.78, 5) is 109. The zero-order chi connectivity index (χ0) is 40.1. The second-order valence-corrected chi connectivity index (χ2v) is 14.2. The number of nitro groups is 2. The zero-order valence-electron chi connectivity index (χ0n) is 28.3. The van der Waals surface area contributed by atoms with Crippen LogP contribution in [0.15, 0.2) is 59.1 Å². The molecule has 21 nitrogen and oxygen atoms in total. The van der Waals surface area contributed by atoms with E-state index >= 15 is 0 Å². The average molecular weight is 832 g/mol. The van der Waals surface area contributed by atoms with Gasteiger partial charge in [-0.1, -0.05) is 5.16 Å². The van der Waals surface area contributed by atoms with Crippen molar-refractivity contribution in [2.24, 2.45) is 11.1 Å². The number of hydrogen-bond donors (Lipinski definition) is 2. The molecule has 0 aliphatic carbocycles. The van der Waals surface area contributed by atoms with Gasteiger partial charge >= 0.3 is 17.9 Å². The highest BCUT2D eigenvalue weighted by molar-refractivity contribution is 8.00. The van der Waals surface area contributed by atoms with Crippen LogP contribution in [0.2, 0.25) is 0 Å². The van der Waals surface area contributed by atoms with Crippen molar-refractivity contribution in [3.05, 3.63) is 91.0 Å². The first-order chi connectivity index (χ1) is 26.8. The molecule has 0 spiro atoms. The lowest BCUT2D eigenvalue weighted by molar-refractivity contribution is -0.385. The highest BCUT2D eigenvalue weighted by Crippen LogP contribution is 2.51. The molecule has 3 amide bonds. The van der Waals surface area contributed by atoms with Crippen LogP contribution in [0.4, 0.5) is 16.5 Å². The Labute approximate surface area is 326 Å². The molecule has 0 radical (unpaired) electrons. The molecule has 3 fully saturated rings. The maximum absolute atomic E-state index is 13.7. The van der Waals surface area contributed by atoms with Crippen LogP contribution in [-0.2, 0) is 61.0 Å². The van der Waals surface area contributed by atoms with E-state index in [1.54, 1.807) is 0 Å². The van der Waals surface area contributed by atoms with E-state index in [0.717, 1.165) is 16.2 Å². The van der Waals surface area contributed by atoms with Crippen LogP contribution in [-0.4, -0.2) is 96.5 Å². The smallest absolute Gasteiger partial charge is 0.373 e. The first-order valence-electron chi connectivity index (χ1n) is 16.1. The highest BCUT2D eigenvalue weighted by Gasteiger charge is 2.72. The van der Waals surface area contributed by atoms with Gasteiger partial charge in [0.2, 0.25) is 12.5 Å². The fourth-order valence-corrected chi connectivity index (χ4v) is 8.08. The molecule has 2 aromatic carbocycles. The Morgan fingerprint density at radius 2 is 1.62 bits per heavy atom. The number of thiazole rings is 1. The minimum absolute atomic E-state index is 0.0330. The number of alkyl halides is 1. The monoisotopic (exact) mass is 831 g/mol. The number of β-lactam (4-membered cyclic amide) rings is 1. The Bertz CT molecular complexity index is 2130. The minimum atomic E-state index is -2.13. The third-order valence-electron chi connectivity index (χ3n) is 8.42. The average Bonchev–Trinajstić information content (AvgIpc) is 3.79. The molecule has 3 aliphatic rings. The predicted octanol–water partition coefficient (Wildman–Crippen LogP) is 2.00. The summed E-state index contributed by atoms with van der Waals surface area (Å²) in [5.74, 6) is -6.14. The van der Waals surface area contributed by atoms with Crippen LogP contribution >= 0.6 is 34.7 Å². The number of thioether (sulfide) groups is 1. The van der Waals surface area contributed by atoms with E-state index in [2.05, 4.69) is 20.8 Å². The maximum Gasteiger partial charge on any atom is 0.373 e. The van der Waals surface area contributed by atoms with Crippen molar-refractivity contribution in [1.29, 1.82) is 0 Å². The number of nitrogens with one attached hydrogen (secondary N) is 2. The number of nitrogens with zero attached hydrogens (tertiary/aromatic N) is 5. The van der Waals surface area contributed by atoms with E-state index in [0.29, 0.717) is 11.1 Å². The van der Waals surface area contributed by atoms with Gasteiger partial charge in [0, 0.05) is 41.3 Å². The molecule has 1 aromatic heterocycles. The SMILES string of the molecule is O=C(CCl)Nc1nc(C(=NOCC(=O)OCc2ccc([N+](=O)[O-])cc2)C(=O)N[C@@H]2C(=O)N3[C@@H]2SC[C@@H]2CC(=O)O[C@@]23C(=O)OCc2ccc([N+](=O)[O-])cc2)cs1. The van der Waals surface area contributed by atoms with Crippen LogP contribution in [0.1, 0.15) is 23.2 Å². The number of benzene rings is 2. The summed E-state index contributed by atoms with van der Waals surface area (Å²) in [6, 6.07) is 9.19. The third kappa shape index (κ3) is 8.23. The summed E-state index contributed by atoms with van der Waals surface area (Å²) in [5.41, 5.74) is -2.29. The summed E-state index contributed by atoms with van der Waals surface area (Å²) in [6.07, 6.45) is -0.190. The Morgan fingerprint density at radius 1 is 1.00 bits per heavy atom. The van der Waals surface area contributed by atoms with Crippen LogP contribution in [0.5, 0.6) is 0 Å². The lowest BCUT2D eigenvalue weighted by Gasteiger charge is -2.56. The lowest BCUT2D eigenvalue weighted by atomic mass is 9.89. The second kappa shape index (κ2) is 16.7. The molecule has 0 unspecified atom stereocenters. The van der Waals surface area contributed by atoms with Crippen molar-refractivity contribution in [1.82, 2.24) is 15.2 Å². The number of halogens is 1. The summed E-state index contributed by atoms with van der Waals surface area (Å²) in [6.45, 7) is -1.40. The summed E-state index contributed by atoms with van der Waals surface area (Å²) in [7, 11) is 0. The van der Waals surface area contributed by atoms with Crippen molar-refractivity contribution in [2.75, 3.05) is 23.6 Å². The normalized spacial score (nSPS) is 21.1. The number of carbonyl (C=O) groups is 6. The summed E-state index contributed by atoms with van der Waals surface area (Å²) in [5, 5.41) is 31.0. The fraction of sp³-hybridized carbons (Fsp3) is 0.312. The highest BCUT2D eigenvalue weighted by atomic mass is 35.5. The Morgan fingerprint density at radius 3 is 2.23 bits per heavy atom. The number of carbonyl (C=O) groups excluding carboxylic acids is 6. The quantitative estimate of drug-likeness (QED) is 0.0421. The molecule has 3 aromatic rings. The van der Waals surface area contributed by atoms with Crippen LogP contribution in [0.25, 0.3) is 0 Å². The number of hydrogen-bond acceptors (Lipinski definition) is 18. The number of amides is 3. The standard InChI is InChI=1S/C32H26ClN7O14S2/c33-10-22(41)35-31-34-21(15-56-31)25(37-53-13-24(43)51-11-16-1-5-19(6-2-16)39(47)48)27(44)36-26-28(45)38-29(26)55-14-18-9-23(42)54-32(18,38)30(46)52-12-17-3-7-20(8-4-17)40(49)50/h1-8,15,18,26,29H,9-14H2,(H,36,44)(H,34,35,41)/t18-,26+,29+,32+/m0/s1. The van der Waals surface area contributed by atoms with Gasteiger partial charge < -0.3 is 29.7 Å². The van der Waals surface area contributed by atoms with Gasteiger partial charge in [-0.05, 0) is 35.4 Å². The largest absolute Gasteiger partial charge is 0.458 e. The molecule has 3 saturated heterocycles. The number of esters is 3. The van der Waals surface area contributed by atoms with Gasteiger partial charge in [0.1, 0.15) is 36.2 Å². The van der Waals surface area contributed by atoms with Crippen LogP contribution < -0.4 is 10.6 Å². The molecule has 4 atom stereocenters. The van der Waals surface area contributed by atoms with Gasteiger partial charge in [-0.3, -0.25) is 44.3 Å². The van der Waals surface area contributed by atoms with Crippen molar-refractivity contribution >= 4 is 92.5 Å². The van der Waals surface area contributed by atoms with Gasteiger partial charge in [0.25, 0.3) is 28.9 Å². The molecule has 0 saturated carbocycles. The van der Waals surface area contributed by atoms with E-state index in [4.69, 9.17) is 30.6 Å². The summed E-state index contributed by atoms with van der Waals surface area (Å²) >= 11 is 7.63. The van der Waals surface area contributed by atoms with E-state index in [-0.39, 0.29) is 53.5 Å². The fourth-order valence-electron chi connectivity index (χ4n) is 5.74. The zero-order valence-corrected chi connectivity index (χ0v) is 30.7. The first-order valence-corrected chi connectivity index (χ1v) is 18.6. The second-order valence-electron chi connectivity index (χ2n) is 12.0. The van der Waals surface area contributed by atoms with E-state index in [9.17, 15) is 49.0 Å². The molecule has 3 aliphatic heterocycles. The number of aromatic nitrogens is 1. The Balaban J connectivity index is 1.14. The lowest BCUT2D eigenvalue weighted by Crippen LogP contribution is -2.80. The number of ether oxygens (including phenoxy) is 3. The topological polar surface area (TPSA) is 278 Å². The van der Waals surface area contributed by atoms with Gasteiger partial charge in [-0.15, -0.1) is 34.7 Å². The number of rotatable bonds is 15. The van der Waals surface area contributed by atoms with Crippen molar-refractivity contribution in [3.63, 3.8) is 0 Å². The van der Waals surface area contributed by atoms with Gasteiger partial charge in [-0.25, -0.2) is 14.6 Å². The van der Waals surface area contributed by atoms with Crippen LogP contribution in [0, 0.1) is 26.1 Å². The third-order valence-corrected chi connectivity index (χ3v) is 10.8. The van der Waals surface area contributed by atoms with Gasteiger partial charge in [-0.2, -0.15) is 0 Å². The van der Waals surface area contributed by atoms with Crippen molar-refractivity contribution < 1.29 is 57.7 Å². The number of nitro benzene ring substituents is 2. The molecule has 4 heterocycles. The number of non-ortho nitro benzene ring substituents is 2. The summed E-state index contributed by atoms with van der Waals surface area (Å²) < 4.78 is 16.1. The number of oxime groups is 1. The minimum Gasteiger partial charge on any atom is -0.458 e. The maximum atomic E-state index is 13.7.